The van der Waals surface area contributed by atoms with Crippen LogP contribution in [0.5, 0.6) is 0 Å². The number of rotatable bonds is 5. The van der Waals surface area contributed by atoms with Crippen molar-refractivity contribution < 1.29 is 10.0 Å². The summed E-state index contributed by atoms with van der Waals surface area (Å²) in [6.07, 6.45) is 8.50. The summed E-state index contributed by atoms with van der Waals surface area (Å²) in [6.45, 7) is 4.05. The maximum Gasteiger partial charge on any atom is 0.265 e. The summed E-state index contributed by atoms with van der Waals surface area (Å²) in [5, 5.41) is 13.5. The van der Waals surface area contributed by atoms with Crippen LogP contribution < -0.4 is 5.32 Å². The molecule has 1 aliphatic rings. The fraction of sp³-hybridized carbons (Fsp3) is 0.833. The molecule has 1 rings (SSSR count). The van der Waals surface area contributed by atoms with Crippen molar-refractivity contribution in [3.8, 4) is 0 Å². The third-order valence-electron chi connectivity index (χ3n) is 3.07. The number of likely N-dealkylation sites (tertiary alicyclic amines) is 1. The molecule has 0 unspecified atom stereocenters. The van der Waals surface area contributed by atoms with E-state index in [1.807, 2.05) is 0 Å². The van der Waals surface area contributed by atoms with Crippen molar-refractivity contribution in [2.45, 2.75) is 38.5 Å². The van der Waals surface area contributed by atoms with Gasteiger partial charge in [0.1, 0.15) is 6.21 Å². The van der Waals surface area contributed by atoms with Crippen LogP contribution in [0.2, 0.25) is 0 Å². The first-order valence-electron chi connectivity index (χ1n) is 6.50. The highest BCUT2D eigenvalue weighted by molar-refractivity contribution is 6.25. The molecule has 0 aliphatic carbocycles. The second-order valence-corrected chi connectivity index (χ2v) is 4.50. The molecule has 0 radical (unpaired) electrons. The first-order chi connectivity index (χ1) is 8.33. The van der Waals surface area contributed by atoms with E-state index in [0.29, 0.717) is 6.54 Å². The summed E-state index contributed by atoms with van der Waals surface area (Å²) < 4.78 is 0. The van der Waals surface area contributed by atoms with Crippen molar-refractivity contribution in [3.63, 3.8) is 0 Å². The monoisotopic (exact) mass is 241 g/mol. The number of oxime groups is 1. The second-order valence-electron chi connectivity index (χ2n) is 4.50. The summed E-state index contributed by atoms with van der Waals surface area (Å²) in [5.41, 5.74) is 0. The number of amides is 1. The molecule has 0 aromatic heterocycles. The molecule has 0 bridgehead atoms. The maximum absolute atomic E-state index is 11.0. The molecule has 5 heteroatoms. The zero-order valence-electron chi connectivity index (χ0n) is 10.4. The van der Waals surface area contributed by atoms with Crippen molar-refractivity contribution in [3.05, 3.63) is 0 Å². The van der Waals surface area contributed by atoms with E-state index >= 15 is 0 Å². The Morgan fingerprint density at radius 2 is 1.88 bits per heavy atom. The average Bonchev–Trinajstić information content (AvgIpc) is 2.26. The second kappa shape index (κ2) is 8.98. The number of hydrogen-bond donors (Lipinski definition) is 2. The molecule has 5 nitrogen and oxygen atoms in total. The summed E-state index contributed by atoms with van der Waals surface area (Å²) in [5.74, 6) is -0.333. The van der Waals surface area contributed by atoms with Crippen molar-refractivity contribution in [2.75, 3.05) is 26.2 Å². The third-order valence-corrected chi connectivity index (χ3v) is 3.07. The van der Waals surface area contributed by atoms with E-state index in [1.54, 1.807) is 0 Å². The Hall–Kier alpha value is -1.10. The predicted molar refractivity (Wildman–Crippen MR) is 67.4 cm³/mol. The molecular weight excluding hydrogens is 218 g/mol. The van der Waals surface area contributed by atoms with Crippen LogP contribution in [0.25, 0.3) is 0 Å². The Balaban J connectivity index is 2.06. The highest BCUT2D eigenvalue weighted by atomic mass is 16.4. The van der Waals surface area contributed by atoms with Gasteiger partial charge in [0.2, 0.25) is 0 Å². The predicted octanol–water partition coefficient (Wildman–Crippen LogP) is 1.22. The molecule has 0 spiro atoms. The van der Waals surface area contributed by atoms with Crippen molar-refractivity contribution in [1.82, 2.24) is 10.2 Å². The number of carbonyl (C=O) groups is 1. The zero-order chi connectivity index (χ0) is 12.3. The Morgan fingerprint density at radius 1 is 1.24 bits per heavy atom. The Bertz CT molecular complexity index is 236. The average molecular weight is 241 g/mol. The number of hydrogen-bond acceptors (Lipinski definition) is 4. The minimum atomic E-state index is -0.333. The molecule has 1 amide bonds. The number of nitrogens with zero attached hydrogens (tertiary/aromatic N) is 2. The first kappa shape index (κ1) is 14.0. The van der Waals surface area contributed by atoms with Crippen LogP contribution >= 0.6 is 0 Å². The fourth-order valence-corrected chi connectivity index (χ4v) is 2.15. The lowest BCUT2D eigenvalue weighted by molar-refractivity contribution is -0.114. The van der Waals surface area contributed by atoms with Crippen LogP contribution in [0.4, 0.5) is 0 Å². The van der Waals surface area contributed by atoms with Crippen LogP contribution in [0, 0.1) is 0 Å². The van der Waals surface area contributed by atoms with E-state index in [1.165, 1.54) is 45.2 Å². The smallest absolute Gasteiger partial charge is 0.265 e. The van der Waals surface area contributed by atoms with Crippen molar-refractivity contribution in [1.29, 1.82) is 0 Å². The van der Waals surface area contributed by atoms with E-state index in [9.17, 15) is 4.79 Å². The molecule has 2 N–H and O–H groups in total. The number of nitrogens with one attached hydrogen (secondary N) is 1. The van der Waals surface area contributed by atoms with Crippen LogP contribution in [0.15, 0.2) is 5.16 Å². The Labute approximate surface area is 103 Å². The van der Waals surface area contributed by atoms with Gasteiger partial charge in [0.25, 0.3) is 5.91 Å². The van der Waals surface area contributed by atoms with E-state index in [4.69, 9.17) is 5.21 Å². The molecular formula is C12H23N3O2. The zero-order valence-corrected chi connectivity index (χ0v) is 10.4. The fourth-order valence-electron chi connectivity index (χ4n) is 2.15. The van der Waals surface area contributed by atoms with Crippen LogP contribution in [0.3, 0.4) is 0 Å². The van der Waals surface area contributed by atoms with Gasteiger partial charge in [-0.05, 0) is 38.9 Å². The largest absolute Gasteiger partial charge is 0.411 e. The molecule has 98 valence electrons. The lowest BCUT2D eigenvalue weighted by atomic mass is 10.1. The minimum Gasteiger partial charge on any atom is -0.411 e. The van der Waals surface area contributed by atoms with Gasteiger partial charge < -0.3 is 15.4 Å². The van der Waals surface area contributed by atoms with Gasteiger partial charge in [-0.2, -0.15) is 0 Å². The summed E-state index contributed by atoms with van der Waals surface area (Å²) in [4.78, 5) is 13.4. The highest BCUT2D eigenvalue weighted by Gasteiger charge is 2.07. The van der Waals surface area contributed by atoms with E-state index in [-0.39, 0.29) is 5.91 Å². The van der Waals surface area contributed by atoms with Gasteiger partial charge in [-0.15, -0.1) is 0 Å². The van der Waals surface area contributed by atoms with Crippen molar-refractivity contribution in [2.24, 2.45) is 5.16 Å². The molecule has 1 heterocycles. The topological polar surface area (TPSA) is 64.9 Å². The third kappa shape index (κ3) is 6.94. The summed E-state index contributed by atoms with van der Waals surface area (Å²) >= 11 is 0. The minimum absolute atomic E-state index is 0.333. The first-order valence-corrected chi connectivity index (χ1v) is 6.50. The highest BCUT2D eigenvalue weighted by Crippen LogP contribution is 2.10. The van der Waals surface area contributed by atoms with E-state index in [0.717, 1.165) is 19.2 Å². The Morgan fingerprint density at radius 3 is 2.53 bits per heavy atom. The van der Waals surface area contributed by atoms with E-state index in [2.05, 4.69) is 15.4 Å². The molecule has 1 fully saturated rings. The van der Waals surface area contributed by atoms with Gasteiger partial charge in [0.15, 0.2) is 0 Å². The standard InChI is InChI=1S/C12H23N3O2/c16-12(11-14-17)13-7-6-10-15-8-4-2-1-3-5-9-15/h11,17H,1-10H2,(H,13,16). The molecule has 0 saturated carbocycles. The quantitative estimate of drug-likeness (QED) is 0.329. The van der Waals surface area contributed by atoms with Gasteiger partial charge in [-0.1, -0.05) is 24.4 Å². The van der Waals surface area contributed by atoms with Crippen LogP contribution in [0.1, 0.15) is 38.5 Å². The van der Waals surface area contributed by atoms with E-state index < -0.39 is 0 Å². The van der Waals surface area contributed by atoms with Gasteiger partial charge >= 0.3 is 0 Å². The van der Waals surface area contributed by atoms with Crippen LogP contribution in [-0.2, 0) is 4.79 Å². The van der Waals surface area contributed by atoms with Gasteiger partial charge in [-0.25, -0.2) is 0 Å². The SMILES string of the molecule is O=C(C=NO)NCCCN1CCCCCCC1. The molecule has 0 atom stereocenters. The normalized spacial score (nSPS) is 18.8. The number of carbonyl (C=O) groups excluding carboxylic acids is 1. The van der Waals surface area contributed by atoms with Gasteiger partial charge in [-0.3, -0.25) is 4.79 Å². The lowest BCUT2D eigenvalue weighted by Crippen LogP contribution is -2.32. The lowest BCUT2D eigenvalue weighted by Gasteiger charge is -2.24. The Kier molecular flexibility index (Phi) is 7.38. The molecule has 17 heavy (non-hydrogen) atoms. The summed E-state index contributed by atoms with van der Waals surface area (Å²) in [7, 11) is 0. The molecule has 1 aliphatic heterocycles. The van der Waals surface area contributed by atoms with Gasteiger partial charge in [0.05, 0.1) is 0 Å². The van der Waals surface area contributed by atoms with Crippen molar-refractivity contribution >= 4 is 12.1 Å². The molecule has 0 aromatic carbocycles. The molecule has 0 aromatic rings. The maximum atomic E-state index is 11.0. The summed E-state index contributed by atoms with van der Waals surface area (Å²) in [6, 6.07) is 0. The van der Waals surface area contributed by atoms with Gasteiger partial charge in [0, 0.05) is 6.54 Å². The molecule has 1 saturated heterocycles. The van der Waals surface area contributed by atoms with Crippen LogP contribution in [-0.4, -0.2) is 48.4 Å².